The number of hydrogen-bond acceptors (Lipinski definition) is 7. The van der Waals surface area contributed by atoms with Crippen molar-refractivity contribution in [3.05, 3.63) is 12.7 Å². The fourth-order valence-electron chi connectivity index (χ4n) is 2.42. The molecule has 0 atom stereocenters. The molecule has 1 fully saturated rings. The van der Waals surface area contributed by atoms with Crippen molar-refractivity contribution in [1.82, 2.24) is 29.7 Å². The monoisotopic (exact) mass is 288 g/mol. The van der Waals surface area contributed by atoms with Crippen LogP contribution in [0.3, 0.4) is 0 Å². The maximum Gasteiger partial charge on any atom is 0.258 e. The van der Waals surface area contributed by atoms with E-state index in [0.29, 0.717) is 17.8 Å². The number of aromatic nitrogens is 6. The molecule has 1 N–H and O–H groups in total. The Morgan fingerprint density at radius 1 is 1.05 bits per heavy atom. The summed E-state index contributed by atoms with van der Waals surface area (Å²) in [5, 5.41) is 7.25. The van der Waals surface area contributed by atoms with E-state index in [1.807, 2.05) is 6.92 Å². The highest BCUT2D eigenvalue weighted by Crippen LogP contribution is 2.17. The Morgan fingerprint density at radius 3 is 2.48 bits per heavy atom. The van der Waals surface area contributed by atoms with Crippen molar-refractivity contribution in [3.8, 4) is 5.95 Å². The molecule has 0 aliphatic carbocycles. The summed E-state index contributed by atoms with van der Waals surface area (Å²) in [6, 6.07) is 0. The highest BCUT2D eigenvalue weighted by atomic mass is 15.4. The molecule has 0 unspecified atom stereocenters. The van der Waals surface area contributed by atoms with E-state index in [9.17, 15) is 0 Å². The van der Waals surface area contributed by atoms with Gasteiger partial charge in [0.1, 0.15) is 12.7 Å². The van der Waals surface area contributed by atoms with Crippen LogP contribution in [-0.4, -0.2) is 49.4 Å². The number of nitrogens with zero attached hydrogens (tertiary/aromatic N) is 7. The van der Waals surface area contributed by atoms with Gasteiger partial charge in [-0.15, -0.1) is 0 Å². The summed E-state index contributed by atoms with van der Waals surface area (Å²) in [6.45, 7) is 4.77. The highest BCUT2D eigenvalue weighted by molar-refractivity contribution is 5.40. The zero-order chi connectivity index (χ0) is 14.5. The predicted octanol–water partition coefficient (Wildman–Crippen LogP) is 1.26. The SMILES string of the molecule is CCNc1nc(N2CCCCCC2)nc(-n2cncn2)n1. The summed E-state index contributed by atoms with van der Waals surface area (Å²) < 4.78 is 1.56. The van der Waals surface area contributed by atoms with Crippen LogP contribution in [0.25, 0.3) is 5.95 Å². The van der Waals surface area contributed by atoms with E-state index in [-0.39, 0.29) is 0 Å². The molecule has 0 saturated carbocycles. The molecule has 0 amide bonds. The molecule has 0 radical (unpaired) electrons. The minimum Gasteiger partial charge on any atom is -0.354 e. The van der Waals surface area contributed by atoms with Gasteiger partial charge in [-0.3, -0.25) is 0 Å². The van der Waals surface area contributed by atoms with E-state index in [1.54, 1.807) is 11.0 Å². The number of rotatable bonds is 4. The van der Waals surface area contributed by atoms with Crippen LogP contribution in [0.4, 0.5) is 11.9 Å². The molecule has 112 valence electrons. The van der Waals surface area contributed by atoms with Gasteiger partial charge in [0.05, 0.1) is 0 Å². The lowest BCUT2D eigenvalue weighted by Gasteiger charge is -2.20. The second-order valence-corrected chi connectivity index (χ2v) is 5.03. The highest BCUT2D eigenvalue weighted by Gasteiger charge is 2.16. The topological polar surface area (TPSA) is 84.7 Å². The lowest BCUT2D eigenvalue weighted by Crippen LogP contribution is -2.27. The second kappa shape index (κ2) is 6.47. The molecule has 1 aliphatic heterocycles. The van der Waals surface area contributed by atoms with Crippen molar-refractivity contribution in [2.75, 3.05) is 29.9 Å². The smallest absolute Gasteiger partial charge is 0.258 e. The number of anilines is 2. The summed E-state index contributed by atoms with van der Waals surface area (Å²) in [4.78, 5) is 19.6. The van der Waals surface area contributed by atoms with Crippen molar-refractivity contribution >= 4 is 11.9 Å². The zero-order valence-electron chi connectivity index (χ0n) is 12.2. The van der Waals surface area contributed by atoms with Gasteiger partial charge in [0.15, 0.2) is 0 Å². The average Bonchev–Trinajstić information content (AvgIpc) is 2.90. The first-order chi connectivity index (χ1) is 10.4. The molecule has 3 rings (SSSR count). The second-order valence-electron chi connectivity index (χ2n) is 5.03. The third-order valence-corrected chi connectivity index (χ3v) is 3.46. The van der Waals surface area contributed by atoms with Gasteiger partial charge < -0.3 is 10.2 Å². The summed E-state index contributed by atoms with van der Waals surface area (Å²) in [5.74, 6) is 1.79. The Kier molecular flexibility index (Phi) is 4.23. The van der Waals surface area contributed by atoms with Crippen molar-refractivity contribution in [2.45, 2.75) is 32.6 Å². The van der Waals surface area contributed by atoms with Crippen LogP contribution >= 0.6 is 0 Å². The van der Waals surface area contributed by atoms with Gasteiger partial charge >= 0.3 is 0 Å². The summed E-state index contributed by atoms with van der Waals surface area (Å²) in [7, 11) is 0. The first-order valence-corrected chi connectivity index (χ1v) is 7.46. The van der Waals surface area contributed by atoms with Crippen LogP contribution in [0.2, 0.25) is 0 Å². The van der Waals surface area contributed by atoms with E-state index in [0.717, 1.165) is 19.6 Å². The fraction of sp³-hybridized carbons (Fsp3) is 0.615. The van der Waals surface area contributed by atoms with E-state index < -0.39 is 0 Å². The lowest BCUT2D eigenvalue weighted by molar-refractivity contribution is 0.726. The molecular weight excluding hydrogens is 268 g/mol. The third kappa shape index (κ3) is 3.26. The molecule has 8 heteroatoms. The van der Waals surface area contributed by atoms with Crippen LogP contribution in [0.1, 0.15) is 32.6 Å². The van der Waals surface area contributed by atoms with Crippen LogP contribution in [0, 0.1) is 0 Å². The van der Waals surface area contributed by atoms with E-state index >= 15 is 0 Å². The van der Waals surface area contributed by atoms with Gasteiger partial charge in [-0.05, 0) is 19.8 Å². The molecule has 0 bridgehead atoms. The first-order valence-electron chi connectivity index (χ1n) is 7.46. The van der Waals surface area contributed by atoms with Crippen molar-refractivity contribution in [2.24, 2.45) is 0 Å². The van der Waals surface area contributed by atoms with Gasteiger partial charge in [0.25, 0.3) is 5.95 Å². The van der Waals surface area contributed by atoms with Crippen molar-refractivity contribution in [1.29, 1.82) is 0 Å². The predicted molar refractivity (Wildman–Crippen MR) is 79.6 cm³/mol. The number of hydrogen-bond donors (Lipinski definition) is 1. The van der Waals surface area contributed by atoms with E-state index in [4.69, 9.17) is 0 Å². The van der Waals surface area contributed by atoms with Gasteiger partial charge in [0, 0.05) is 19.6 Å². The maximum atomic E-state index is 4.55. The van der Waals surface area contributed by atoms with Crippen LogP contribution in [0.5, 0.6) is 0 Å². The van der Waals surface area contributed by atoms with Crippen LogP contribution < -0.4 is 10.2 Å². The first kappa shape index (κ1) is 13.7. The van der Waals surface area contributed by atoms with Gasteiger partial charge in [-0.25, -0.2) is 4.98 Å². The summed E-state index contributed by atoms with van der Waals surface area (Å²) in [6.07, 6.45) is 7.98. The van der Waals surface area contributed by atoms with Gasteiger partial charge in [0.2, 0.25) is 11.9 Å². The number of nitrogens with one attached hydrogen (secondary N) is 1. The molecule has 8 nitrogen and oxygen atoms in total. The standard InChI is InChI=1S/C13H20N8/c1-2-15-11-17-12(20-7-5-3-4-6-8-20)19-13(18-11)21-10-14-9-16-21/h9-10H,2-8H2,1H3,(H,15,17,18,19). The van der Waals surface area contributed by atoms with Crippen LogP contribution in [-0.2, 0) is 0 Å². The molecule has 21 heavy (non-hydrogen) atoms. The Balaban J connectivity index is 1.94. The molecule has 3 heterocycles. The Morgan fingerprint density at radius 2 is 1.81 bits per heavy atom. The zero-order valence-corrected chi connectivity index (χ0v) is 12.2. The lowest BCUT2D eigenvalue weighted by atomic mass is 10.2. The summed E-state index contributed by atoms with van der Waals surface area (Å²) >= 11 is 0. The fourth-order valence-corrected chi connectivity index (χ4v) is 2.42. The summed E-state index contributed by atoms with van der Waals surface area (Å²) in [5.41, 5.74) is 0. The van der Waals surface area contributed by atoms with Crippen molar-refractivity contribution < 1.29 is 0 Å². The largest absolute Gasteiger partial charge is 0.354 e. The normalized spacial score (nSPS) is 15.8. The van der Waals surface area contributed by atoms with Gasteiger partial charge in [-0.1, -0.05) is 12.8 Å². The Hall–Kier alpha value is -2.25. The molecule has 0 aromatic carbocycles. The van der Waals surface area contributed by atoms with Crippen molar-refractivity contribution in [3.63, 3.8) is 0 Å². The molecule has 2 aromatic rings. The Labute approximate surface area is 123 Å². The molecule has 2 aromatic heterocycles. The third-order valence-electron chi connectivity index (χ3n) is 3.46. The average molecular weight is 288 g/mol. The molecule has 0 spiro atoms. The minimum absolute atomic E-state index is 0.498. The maximum absolute atomic E-state index is 4.55. The van der Waals surface area contributed by atoms with Gasteiger partial charge in [-0.2, -0.15) is 24.7 Å². The van der Waals surface area contributed by atoms with E-state index in [1.165, 1.54) is 32.0 Å². The minimum atomic E-state index is 0.498. The molecule has 1 aliphatic rings. The Bertz CT molecular complexity index is 560. The van der Waals surface area contributed by atoms with E-state index in [2.05, 4.69) is 35.3 Å². The molecular formula is C13H20N8. The van der Waals surface area contributed by atoms with Crippen LogP contribution in [0.15, 0.2) is 12.7 Å². The quantitative estimate of drug-likeness (QED) is 0.906. The molecule has 1 saturated heterocycles.